The lowest BCUT2D eigenvalue weighted by Crippen LogP contribution is -2.15. The number of sulfonamides is 1. The van der Waals surface area contributed by atoms with Gasteiger partial charge in [0.25, 0.3) is 10.0 Å². The van der Waals surface area contributed by atoms with Crippen molar-refractivity contribution in [2.24, 2.45) is 0 Å². The van der Waals surface area contributed by atoms with Crippen LogP contribution in [-0.4, -0.2) is 20.1 Å². The molecule has 0 heterocycles. The van der Waals surface area contributed by atoms with Crippen LogP contribution in [0.3, 0.4) is 0 Å². The Labute approximate surface area is 189 Å². The maximum Gasteiger partial charge on any atom is 0.261 e. The number of hydrogen-bond acceptors (Lipinski definition) is 4. The number of benzene rings is 3. The summed E-state index contributed by atoms with van der Waals surface area (Å²) in [5.41, 5.74) is 3.16. The third-order valence-corrected chi connectivity index (χ3v) is 7.00. The lowest BCUT2D eigenvalue weighted by Gasteiger charge is -2.10. The third-order valence-electron chi connectivity index (χ3n) is 4.11. The summed E-state index contributed by atoms with van der Waals surface area (Å²) >= 11 is 4.95. The van der Waals surface area contributed by atoms with Gasteiger partial charge in [0.15, 0.2) is 0 Å². The van der Waals surface area contributed by atoms with Crippen molar-refractivity contribution >= 4 is 55.0 Å². The largest absolute Gasteiger partial charge is 0.325 e. The third kappa shape index (κ3) is 6.62. The number of thioether (sulfide) groups is 1. The summed E-state index contributed by atoms with van der Waals surface area (Å²) in [7, 11) is -3.69. The number of rotatable bonds is 8. The van der Waals surface area contributed by atoms with E-state index >= 15 is 0 Å². The van der Waals surface area contributed by atoms with Gasteiger partial charge in [-0.15, -0.1) is 11.8 Å². The molecule has 8 heteroatoms. The first kappa shape index (κ1) is 22.4. The van der Waals surface area contributed by atoms with Gasteiger partial charge in [-0.1, -0.05) is 40.2 Å². The van der Waals surface area contributed by atoms with Gasteiger partial charge in [-0.05, 0) is 66.6 Å². The normalized spacial score (nSPS) is 11.1. The van der Waals surface area contributed by atoms with E-state index in [4.69, 9.17) is 0 Å². The fourth-order valence-electron chi connectivity index (χ4n) is 2.73. The predicted octanol–water partition coefficient (Wildman–Crippen LogP) is 5.43. The van der Waals surface area contributed by atoms with E-state index in [1.165, 1.54) is 23.9 Å². The summed E-state index contributed by atoms with van der Waals surface area (Å²) < 4.78 is 28.7. The number of hydrogen-bond donors (Lipinski definition) is 2. The molecule has 5 nitrogen and oxygen atoms in total. The first-order valence-electron chi connectivity index (χ1n) is 9.13. The first-order chi connectivity index (χ1) is 14.3. The van der Waals surface area contributed by atoms with Crippen LogP contribution in [0, 0.1) is 6.92 Å². The van der Waals surface area contributed by atoms with E-state index in [0.717, 1.165) is 21.4 Å². The number of carbonyl (C=O) groups is 1. The Balaban J connectivity index is 1.53. The molecule has 3 aromatic carbocycles. The molecule has 2 N–H and O–H groups in total. The number of amides is 1. The predicted molar refractivity (Wildman–Crippen MR) is 127 cm³/mol. The SMILES string of the molecule is Cc1cccc(NS(=O)(=O)c2ccc(NC(=O)CSCc3cccc(Br)c3)cc2)c1. The van der Waals surface area contributed by atoms with Crippen LogP contribution >= 0.6 is 27.7 Å². The fraction of sp³-hybridized carbons (Fsp3) is 0.136. The van der Waals surface area contributed by atoms with Crippen molar-refractivity contribution in [3.05, 3.63) is 88.4 Å². The van der Waals surface area contributed by atoms with Crippen molar-refractivity contribution in [3.8, 4) is 0 Å². The molecule has 0 saturated heterocycles. The molecular formula is C22H21BrN2O3S2. The van der Waals surface area contributed by atoms with Crippen molar-refractivity contribution in [1.29, 1.82) is 0 Å². The number of aryl methyl sites for hydroxylation is 1. The van der Waals surface area contributed by atoms with E-state index in [1.54, 1.807) is 30.3 Å². The second-order valence-electron chi connectivity index (χ2n) is 6.67. The quantitative estimate of drug-likeness (QED) is 0.428. The lowest BCUT2D eigenvalue weighted by atomic mass is 10.2. The average Bonchev–Trinajstić information content (AvgIpc) is 2.68. The highest BCUT2D eigenvalue weighted by atomic mass is 79.9. The van der Waals surface area contributed by atoms with Gasteiger partial charge >= 0.3 is 0 Å². The highest BCUT2D eigenvalue weighted by Gasteiger charge is 2.14. The zero-order valence-electron chi connectivity index (χ0n) is 16.3. The van der Waals surface area contributed by atoms with Crippen molar-refractivity contribution in [2.75, 3.05) is 15.8 Å². The topological polar surface area (TPSA) is 75.3 Å². The van der Waals surface area contributed by atoms with Gasteiger partial charge in [0.05, 0.1) is 10.6 Å². The second-order valence-corrected chi connectivity index (χ2v) is 10.3. The first-order valence-corrected chi connectivity index (χ1v) is 12.6. The molecule has 156 valence electrons. The summed E-state index contributed by atoms with van der Waals surface area (Å²) in [6.45, 7) is 1.90. The molecular weight excluding hydrogens is 484 g/mol. The van der Waals surface area contributed by atoms with Crippen molar-refractivity contribution in [3.63, 3.8) is 0 Å². The van der Waals surface area contributed by atoms with Gasteiger partial charge in [-0.3, -0.25) is 9.52 Å². The minimum absolute atomic E-state index is 0.131. The number of halogens is 1. The Morgan fingerprint density at radius 1 is 0.967 bits per heavy atom. The molecule has 0 atom stereocenters. The molecule has 30 heavy (non-hydrogen) atoms. The van der Waals surface area contributed by atoms with Crippen LogP contribution in [0.4, 0.5) is 11.4 Å². The van der Waals surface area contributed by atoms with Gasteiger partial charge in [0.2, 0.25) is 5.91 Å². The Bertz CT molecular complexity index is 1130. The number of carbonyl (C=O) groups excluding carboxylic acids is 1. The van der Waals surface area contributed by atoms with E-state index in [1.807, 2.05) is 37.3 Å². The molecule has 0 aliphatic heterocycles. The zero-order chi connectivity index (χ0) is 21.6. The minimum Gasteiger partial charge on any atom is -0.325 e. The van der Waals surface area contributed by atoms with Crippen molar-refractivity contribution < 1.29 is 13.2 Å². The van der Waals surface area contributed by atoms with Crippen molar-refractivity contribution in [1.82, 2.24) is 0 Å². The van der Waals surface area contributed by atoms with E-state index in [9.17, 15) is 13.2 Å². The molecule has 0 unspecified atom stereocenters. The van der Waals surface area contributed by atoms with Gasteiger partial charge < -0.3 is 5.32 Å². The maximum atomic E-state index is 12.5. The van der Waals surface area contributed by atoms with Crippen LogP contribution in [0.25, 0.3) is 0 Å². The molecule has 0 spiro atoms. The second kappa shape index (κ2) is 10.1. The summed E-state index contributed by atoms with van der Waals surface area (Å²) in [6.07, 6.45) is 0. The smallest absolute Gasteiger partial charge is 0.261 e. The summed E-state index contributed by atoms with van der Waals surface area (Å²) in [4.78, 5) is 12.3. The molecule has 0 aliphatic rings. The molecule has 0 aromatic heterocycles. The summed E-state index contributed by atoms with van der Waals surface area (Å²) in [5.74, 6) is 0.902. The standard InChI is InChI=1S/C22H21BrN2O3S2/c1-16-4-2-7-20(12-16)25-30(27,28)21-10-8-19(9-11-21)24-22(26)15-29-14-17-5-3-6-18(23)13-17/h2-13,25H,14-15H2,1H3,(H,24,26). The highest BCUT2D eigenvalue weighted by molar-refractivity contribution is 9.10. The maximum absolute atomic E-state index is 12.5. The van der Waals surface area contributed by atoms with E-state index < -0.39 is 10.0 Å². The number of anilines is 2. The summed E-state index contributed by atoms with van der Waals surface area (Å²) in [6, 6.07) is 21.2. The molecule has 0 bridgehead atoms. The number of nitrogens with one attached hydrogen (secondary N) is 2. The lowest BCUT2D eigenvalue weighted by molar-refractivity contribution is -0.113. The minimum atomic E-state index is -3.69. The van der Waals surface area contributed by atoms with Crippen LogP contribution in [0.1, 0.15) is 11.1 Å². The molecule has 0 radical (unpaired) electrons. The van der Waals surface area contributed by atoms with E-state index in [0.29, 0.717) is 17.1 Å². The van der Waals surface area contributed by atoms with Crippen LogP contribution in [-0.2, 0) is 20.6 Å². The summed E-state index contributed by atoms with van der Waals surface area (Å²) in [5, 5.41) is 2.79. The van der Waals surface area contributed by atoms with Crippen molar-refractivity contribution in [2.45, 2.75) is 17.6 Å². The fourth-order valence-corrected chi connectivity index (χ4v) is 5.00. The van der Waals surface area contributed by atoms with Gasteiger partial charge in [-0.2, -0.15) is 0 Å². The molecule has 0 aliphatic carbocycles. The molecule has 3 aromatic rings. The highest BCUT2D eigenvalue weighted by Crippen LogP contribution is 2.20. The Kier molecular flexibility index (Phi) is 7.58. The molecule has 1 amide bonds. The Morgan fingerprint density at radius 3 is 2.40 bits per heavy atom. The zero-order valence-corrected chi connectivity index (χ0v) is 19.5. The average molecular weight is 505 g/mol. The monoisotopic (exact) mass is 504 g/mol. The van der Waals surface area contributed by atoms with E-state index in [2.05, 4.69) is 26.0 Å². The molecule has 3 rings (SSSR count). The van der Waals surface area contributed by atoms with Crippen LogP contribution in [0.2, 0.25) is 0 Å². The van der Waals surface area contributed by atoms with Gasteiger partial charge in [-0.25, -0.2) is 8.42 Å². The Hall–Kier alpha value is -2.29. The van der Waals surface area contributed by atoms with Crippen LogP contribution < -0.4 is 10.0 Å². The van der Waals surface area contributed by atoms with Crippen LogP contribution in [0.15, 0.2) is 82.2 Å². The van der Waals surface area contributed by atoms with Gasteiger partial charge in [0.1, 0.15) is 0 Å². The molecule has 0 fully saturated rings. The van der Waals surface area contributed by atoms with Gasteiger partial charge in [0, 0.05) is 21.6 Å². The van der Waals surface area contributed by atoms with E-state index in [-0.39, 0.29) is 10.8 Å². The Morgan fingerprint density at radius 2 is 1.70 bits per heavy atom. The van der Waals surface area contributed by atoms with Crippen LogP contribution in [0.5, 0.6) is 0 Å². The molecule has 0 saturated carbocycles.